The Morgan fingerprint density at radius 2 is 1.80 bits per heavy atom. The van der Waals surface area contributed by atoms with Gasteiger partial charge in [-0.15, -0.1) is 0 Å². The van der Waals surface area contributed by atoms with E-state index in [1.807, 2.05) is 20.8 Å². The number of benzene rings is 2. The lowest BCUT2D eigenvalue weighted by Gasteiger charge is -2.17. The highest BCUT2D eigenvalue weighted by atomic mass is 35.5. The number of amides is 1. The van der Waals surface area contributed by atoms with Crippen LogP contribution >= 0.6 is 11.6 Å². The molecule has 0 fully saturated rings. The average molecular weight is 363 g/mol. The van der Waals surface area contributed by atoms with Crippen LogP contribution in [0, 0.1) is 16.0 Å². The zero-order chi connectivity index (χ0) is 18.6. The Morgan fingerprint density at radius 1 is 1.16 bits per heavy atom. The Bertz CT molecular complexity index is 775. The quantitative estimate of drug-likeness (QED) is 0.590. The normalized spacial score (nSPS) is 11.9. The number of nitro groups is 1. The van der Waals surface area contributed by atoms with Gasteiger partial charge in [-0.1, -0.05) is 25.4 Å². The molecule has 1 atom stereocenters. The maximum absolute atomic E-state index is 12.2. The van der Waals surface area contributed by atoms with Crippen LogP contribution in [0.3, 0.4) is 0 Å². The molecule has 0 bridgehead atoms. The number of carbonyl (C=O) groups is 1. The summed E-state index contributed by atoms with van der Waals surface area (Å²) >= 11 is 5.78. The van der Waals surface area contributed by atoms with Crippen LogP contribution in [0.1, 0.15) is 31.1 Å². The summed E-state index contributed by atoms with van der Waals surface area (Å²) in [6.45, 7) is 6.00. The first kappa shape index (κ1) is 18.7. The Morgan fingerprint density at radius 3 is 2.36 bits per heavy atom. The van der Waals surface area contributed by atoms with Crippen LogP contribution < -0.4 is 10.1 Å². The number of nitrogens with one attached hydrogen (secondary N) is 1. The average Bonchev–Trinajstić information content (AvgIpc) is 2.56. The van der Waals surface area contributed by atoms with Crippen molar-refractivity contribution in [3.63, 3.8) is 0 Å². The number of halogens is 1. The fourth-order valence-corrected chi connectivity index (χ4v) is 2.14. The molecule has 0 aliphatic carbocycles. The molecule has 2 aromatic carbocycles. The summed E-state index contributed by atoms with van der Waals surface area (Å²) < 4.78 is 5.55. The largest absolute Gasteiger partial charge is 0.450 e. The minimum Gasteiger partial charge on any atom is -0.450 e. The number of rotatable bonds is 6. The Labute approximate surface area is 150 Å². The van der Waals surface area contributed by atoms with Crippen LogP contribution in [0.25, 0.3) is 0 Å². The van der Waals surface area contributed by atoms with Crippen LogP contribution in [-0.4, -0.2) is 16.9 Å². The molecule has 0 aliphatic rings. The van der Waals surface area contributed by atoms with Crippen LogP contribution in [0.2, 0.25) is 5.02 Å². The number of hydrogen-bond acceptors (Lipinski definition) is 4. The predicted molar refractivity (Wildman–Crippen MR) is 96.4 cm³/mol. The fourth-order valence-electron chi connectivity index (χ4n) is 1.98. The molecule has 1 unspecified atom stereocenters. The molecule has 2 rings (SSSR count). The maximum Gasteiger partial charge on any atom is 0.313 e. The molecule has 0 saturated heterocycles. The van der Waals surface area contributed by atoms with Crippen molar-refractivity contribution >= 4 is 23.2 Å². The summed E-state index contributed by atoms with van der Waals surface area (Å²) in [6.07, 6.45) is 0. The summed E-state index contributed by atoms with van der Waals surface area (Å²) in [5.41, 5.74) is 0.269. The molecule has 0 radical (unpaired) electrons. The number of carbonyl (C=O) groups excluding carboxylic acids is 1. The van der Waals surface area contributed by atoms with Crippen LogP contribution in [0.4, 0.5) is 5.69 Å². The summed E-state index contributed by atoms with van der Waals surface area (Å²) in [6, 6.07) is 10.6. The van der Waals surface area contributed by atoms with Gasteiger partial charge < -0.3 is 10.1 Å². The van der Waals surface area contributed by atoms with Crippen molar-refractivity contribution in [3.8, 4) is 11.5 Å². The van der Waals surface area contributed by atoms with E-state index in [-0.39, 0.29) is 28.4 Å². The van der Waals surface area contributed by atoms with Gasteiger partial charge in [0.25, 0.3) is 5.91 Å². The summed E-state index contributed by atoms with van der Waals surface area (Å²) in [7, 11) is 0. The van der Waals surface area contributed by atoms with E-state index in [0.29, 0.717) is 17.2 Å². The zero-order valence-electron chi connectivity index (χ0n) is 14.2. The molecular formula is C18H19ClN2O4. The molecule has 1 amide bonds. The molecule has 25 heavy (non-hydrogen) atoms. The van der Waals surface area contributed by atoms with Crippen molar-refractivity contribution in [2.24, 2.45) is 5.92 Å². The summed E-state index contributed by atoms with van der Waals surface area (Å²) in [5.74, 6) is 0.626. The van der Waals surface area contributed by atoms with E-state index in [1.54, 1.807) is 24.3 Å². The second kappa shape index (κ2) is 7.98. The molecule has 0 saturated carbocycles. The first-order chi connectivity index (χ1) is 11.8. The zero-order valence-corrected chi connectivity index (χ0v) is 14.9. The lowest BCUT2D eigenvalue weighted by atomic mass is 10.1. The monoisotopic (exact) mass is 362 g/mol. The minimum absolute atomic E-state index is 0.0557. The second-order valence-electron chi connectivity index (χ2n) is 6.00. The topological polar surface area (TPSA) is 81.5 Å². The van der Waals surface area contributed by atoms with Gasteiger partial charge in [-0.2, -0.15) is 0 Å². The number of hydrogen-bond donors (Lipinski definition) is 1. The minimum atomic E-state index is -0.559. The summed E-state index contributed by atoms with van der Waals surface area (Å²) in [4.78, 5) is 22.7. The van der Waals surface area contributed by atoms with Crippen molar-refractivity contribution in [2.45, 2.75) is 26.8 Å². The van der Waals surface area contributed by atoms with Crippen LogP contribution in [0.5, 0.6) is 11.5 Å². The lowest BCUT2D eigenvalue weighted by Crippen LogP contribution is -2.36. The van der Waals surface area contributed by atoms with Gasteiger partial charge in [-0.05, 0) is 49.2 Å². The predicted octanol–water partition coefficient (Wildman–Crippen LogP) is 4.81. The van der Waals surface area contributed by atoms with Gasteiger partial charge in [0, 0.05) is 22.7 Å². The van der Waals surface area contributed by atoms with Gasteiger partial charge in [0.15, 0.2) is 0 Å². The van der Waals surface area contributed by atoms with Crippen LogP contribution in [0.15, 0.2) is 42.5 Å². The maximum atomic E-state index is 12.2. The van der Waals surface area contributed by atoms with Crippen LogP contribution in [-0.2, 0) is 0 Å². The number of ether oxygens (including phenoxy) is 1. The first-order valence-electron chi connectivity index (χ1n) is 7.80. The SMILES string of the molecule is CC(C)C(C)NC(=O)c1ccc(Oc2ccc(Cl)cc2[N+](=O)[O-])cc1. The van der Waals surface area contributed by atoms with Crippen molar-refractivity contribution in [2.75, 3.05) is 0 Å². The Balaban J connectivity index is 2.13. The van der Waals surface area contributed by atoms with Crippen molar-refractivity contribution < 1.29 is 14.5 Å². The second-order valence-corrected chi connectivity index (χ2v) is 6.44. The Kier molecular flexibility index (Phi) is 5.98. The van der Waals surface area contributed by atoms with Crippen molar-refractivity contribution in [1.29, 1.82) is 0 Å². The van der Waals surface area contributed by atoms with Gasteiger partial charge >= 0.3 is 5.69 Å². The molecule has 0 heterocycles. The number of nitrogens with zero attached hydrogens (tertiary/aromatic N) is 1. The highest BCUT2D eigenvalue weighted by Gasteiger charge is 2.17. The molecule has 132 valence electrons. The molecule has 2 aromatic rings. The third-order valence-corrected chi connectivity index (χ3v) is 4.06. The Hall–Kier alpha value is -2.60. The standard InChI is InChI=1S/C18H19ClN2O4/c1-11(2)12(3)20-18(22)13-4-7-15(8-5-13)25-17-9-6-14(19)10-16(17)21(23)24/h4-12H,1-3H3,(H,20,22). The van der Waals surface area contributed by atoms with Gasteiger partial charge in [-0.25, -0.2) is 0 Å². The molecule has 0 spiro atoms. The third-order valence-electron chi connectivity index (χ3n) is 3.82. The fraction of sp³-hybridized carbons (Fsp3) is 0.278. The van der Waals surface area contributed by atoms with E-state index < -0.39 is 4.92 Å². The molecule has 0 aliphatic heterocycles. The van der Waals surface area contributed by atoms with E-state index in [2.05, 4.69) is 5.32 Å². The van der Waals surface area contributed by atoms with E-state index in [0.717, 1.165) is 0 Å². The van der Waals surface area contributed by atoms with E-state index >= 15 is 0 Å². The lowest BCUT2D eigenvalue weighted by molar-refractivity contribution is -0.385. The molecular weight excluding hydrogens is 344 g/mol. The van der Waals surface area contributed by atoms with E-state index in [4.69, 9.17) is 16.3 Å². The molecule has 1 N–H and O–H groups in total. The third kappa shape index (κ3) is 4.93. The number of nitro benzene ring substituents is 1. The highest BCUT2D eigenvalue weighted by Crippen LogP contribution is 2.33. The molecule has 6 nitrogen and oxygen atoms in total. The smallest absolute Gasteiger partial charge is 0.313 e. The van der Waals surface area contributed by atoms with Gasteiger partial charge in [-0.3, -0.25) is 14.9 Å². The van der Waals surface area contributed by atoms with E-state index in [9.17, 15) is 14.9 Å². The van der Waals surface area contributed by atoms with Gasteiger partial charge in [0.2, 0.25) is 5.75 Å². The van der Waals surface area contributed by atoms with Crippen molar-refractivity contribution in [1.82, 2.24) is 5.32 Å². The molecule has 0 aromatic heterocycles. The van der Waals surface area contributed by atoms with E-state index in [1.165, 1.54) is 18.2 Å². The van der Waals surface area contributed by atoms with Gasteiger partial charge in [0.1, 0.15) is 5.75 Å². The van der Waals surface area contributed by atoms with Gasteiger partial charge in [0.05, 0.1) is 4.92 Å². The molecule has 7 heteroatoms. The summed E-state index contributed by atoms with van der Waals surface area (Å²) in [5, 5.41) is 14.2. The van der Waals surface area contributed by atoms with Crippen molar-refractivity contribution in [3.05, 3.63) is 63.2 Å². The first-order valence-corrected chi connectivity index (χ1v) is 8.18. The highest BCUT2D eigenvalue weighted by molar-refractivity contribution is 6.30.